The summed E-state index contributed by atoms with van der Waals surface area (Å²) in [5, 5.41) is 7.48. The Balaban J connectivity index is 1.69. The average Bonchev–Trinajstić information content (AvgIpc) is 2.86. The molecule has 1 amide bonds. The van der Waals surface area contributed by atoms with Crippen molar-refractivity contribution in [1.29, 1.82) is 0 Å². The number of anilines is 1. The highest BCUT2D eigenvalue weighted by Crippen LogP contribution is 2.22. The number of hydrogen-bond acceptors (Lipinski definition) is 5. The van der Waals surface area contributed by atoms with Crippen LogP contribution >= 0.6 is 0 Å². The predicted molar refractivity (Wildman–Crippen MR) is 105 cm³/mol. The van der Waals surface area contributed by atoms with E-state index in [1.807, 2.05) is 44.6 Å². The third kappa shape index (κ3) is 4.13. The van der Waals surface area contributed by atoms with Gasteiger partial charge in [-0.25, -0.2) is 4.98 Å². The number of pyridine rings is 1. The van der Waals surface area contributed by atoms with Gasteiger partial charge in [0.15, 0.2) is 0 Å². The molecule has 1 fully saturated rings. The second kappa shape index (κ2) is 7.68. The molecule has 0 saturated carbocycles. The highest BCUT2D eigenvalue weighted by molar-refractivity contribution is 5.94. The molecule has 0 spiro atoms. The fraction of sp³-hybridized carbons (Fsp3) is 0.550. The minimum absolute atomic E-state index is 0.119. The summed E-state index contributed by atoms with van der Waals surface area (Å²) in [4.78, 5) is 19.3. The molecular weight excluding hydrogens is 342 g/mol. The van der Waals surface area contributed by atoms with Crippen molar-refractivity contribution in [3.8, 4) is 0 Å². The van der Waals surface area contributed by atoms with Gasteiger partial charge in [-0.2, -0.15) is 5.10 Å². The Morgan fingerprint density at radius 2 is 1.93 bits per heavy atom. The van der Waals surface area contributed by atoms with E-state index in [4.69, 9.17) is 4.74 Å². The summed E-state index contributed by atoms with van der Waals surface area (Å²) in [7, 11) is 1.91. The Labute approximate surface area is 160 Å². The predicted octanol–water partition coefficient (Wildman–Crippen LogP) is 2.54. The average molecular weight is 371 g/mol. The number of ether oxygens (including phenoxy) is 1. The lowest BCUT2D eigenvalue weighted by Gasteiger charge is -2.36. The maximum atomic E-state index is 12.6. The molecule has 0 radical (unpaired) electrons. The maximum Gasteiger partial charge on any atom is 0.253 e. The second-order valence-electron chi connectivity index (χ2n) is 7.47. The third-order valence-electron chi connectivity index (χ3n) is 5.10. The summed E-state index contributed by atoms with van der Waals surface area (Å²) in [6.07, 6.45) is 1.99. The molecule has 7 nitrogen and oxygen atoms in total. The van der Waals surface area contributed by atoms with E-state index in [0.29, 0.717) is 5.56 Å². The monoisotopic (exact) mass is 371 g/mol. The van der Waals surface area contributed by atoms with Crippen molar-refractivity contribution in [2.75, 3.05) is 18.0 Å². The summed E-state index contributed by atoms with van der Waals surface area (Å²) < 4.78 is 7.61. The minimum atomic E-state index is -0.132. The fourth-order valence-electron chi connectivity index (χ4n) is 3.84. The molecule has 3 heterocycles. The van der Waals surface area contributed by atoms with E-state index in [2.05, 4.69) is 34.1 Å². The summed E-state index contributed by atoms with van der Waals surface area (Å²) in [6.45, 7) is 11.7. The molecular formula is C20H29N5O2. The van der Waals surface area contributed by atoms with Gasteiger partial charge in [0.05, 0.1) is 29.5 Å². The van der Waals surface area contributed by atoms with Crippen molar-refractivity contribution >= 4 is 11.7 Å². The van der Waals surface area contributed by atoms with Crippen molar-refractivity contribution in [1.82, 2.24) is 20.1 Å². The number of nitrogens with zero attached hydrogens (tertiary/aromatic N) is 4. The van der Waals surface area contributed by atoms with Crippen molar-refractivity contribution in [2.24, 2.45) is 7.05 Å². The van der Waals surface area contributed by atoms with Gasteiger partial charge in [-0.3, -0.25) is 9.48 Å². The van der Waals surface area contributed by atoms with Crippen LogP contribution in [-0.2, 0) is 11.8 Å². The van der Waals surface area contributed by atoms with Crippen LogP contribution < -0.4 is 10.2 Å². The van der Waals surface area contributed by atoms with Gasteiger partial charge in [0.25, 0.3) is 5.91 Å². The molecule has 1 aliphatic rings. The minimum Gasteiger partial charge on any atom is -0.372 e. The van der Waals surface area contributed by atoms with Crippen LogP contribution in [0.1, 0.15) is 54.1 Å². The summed E-state index contributed by atoms with van der Waals surface area (Å²) >= 11 is 0. The smallest absolute Gasteiger partial charge is 0.253 e. The zero-order valence-corrected chi connectivity index (χ0v) is 17.0. The Bertz CT molecular complexity index is 805. The Morgan fingerprint density at radius 1 is 1.26 bits per heavy atom. The van der Waals surface area contributed by atoms with Gasteiger partial charge in [-0.15, -0.1) is 0 Å². The lowest BCUT2D eigenvalue weighted by Crippen LogP contribution is -2.45. The first-order valence-corrected chi connectivity index (χ1v) is 9.43. The van der Waals surface area contributed by atoms with Crippen molar-refractivity contribution in [2.45, 2.75) is 52.9 Å². The summed E-state index contributed by atoms with van der Waals surface area (Å²) in [5.41, 5.74) is 3.61. The molecule has 1 aliphatic heterocycles. The molecule has 2 aromatic heterocycles. The van der Waals surface area contributed by atoms with Gasteiger partial charge < -0.3 is 15.0 Å². The zero-order chi connectivity index (χ0) is 19.7. The van der Waals surface area contributed by atoms with Crippen molar-refractivity contribution in [3.05, 3.63) is 40.8 Å². The highest BCUT2D eigenvalue weighted by Gasteiger charge is 2.23. The van der Waals surface area contributed by atoms with E-state index in [9.17, 15) is 4.79 Å². The van der Waals surface area contributed by atoms with E-state index in [1.165, 1.54) is 0 Å². The molecule has 146 valence electrons. The molecule has 27 heavy (non-hydrogen) atoms. The molecule has 0 unspecified atom stereocenters. The van der Waals surface area contributed by atoms with Crippen LogP contribution in [0.3, 0.4) is 0 Å². The maximum absolute atomic E-state index is 12.6. The largest absolute Gasteiger partial charge is 0.372 e. The quantitative estimate of drug-likeness (QED) is 0.894. The molecule has 0 aliphatic carbocycles. The number of aromatic nitrogens is 3. The second-order valence-corrected chi connectivity index (χ2v) is 7.47. The van der Waals surface area contributed by atoms with Gasteiger partial charge >= 0.3 is 0 Å². The summed E-state index contributed by atoms with van der Waals surface area (Å²) in [5.74, 6) is 0.744. The van der Waals surface area contributed by atoms with Gasteiger partial charge in [-0.05, 0) is 46.8 Å². The lowest BCUT2D eigenvalue weighted by molar-refractivity contribution is -0.00546. The molecule has 2 aromatic rings. The number of carbonyl (C=O) groups excluding carboxylic acids is 1. The standard InChI is InChI=1S/C20H29N5O2/c1-12-10-25(11-13(2)27-12)18-8-7-17(9-21-18)20(26)22-14(3)19-15(4)23-24(6)16(19)5/h7-9,12-14H,10-11H2,1-6H3,(H,22,26)/t12-,13-,14-/m0/s1. The first-order valence-electron chi connectivity index (χ1n) is 9.43. The Kier molecular flexibility index (Phi) is 5.51. The number of morpholine rings is 1. The van der Waals surface area contributed by atoms with Crippen LogP contribution in [0, 0.1) is 13.8 Å². The number of hydrogen-bond donors (Lipinski definition) is 1. The molecule has 1 N–H and O–H groups in total. The number of carbonyl (C=O) groups is 1. The van der Waals surface area contributed by atoms with Gasteiger partial charge in [0, 0.05) is 37.6 Å². The lowest BCUT2D eigenvalue weighted by atomic mass is 10.1. The van der Waals surface area contributed by atoms with Crippen LogP contribution in [-0.4, -0.2) is 46.0 Å². The molecule has 3 atom stereocenters. The first kappa shape index (κ1) is 19.4. The number of amides is 1. The fourth-order valence-corrected chi connectivity index (χ4v) is 3.84. The highest BCUT2D eigenvalue weighted by atomic mass is 16.5. The number of rotatable bonds is 4. The van der Waals surface area contributed by atoms with Gasteiger partial charge in [0.1, 0.15) is 5.82 Å². The van der Waals surface area contributed by atoms with E-state index >= 15 is 0 Å². The molecule has 7 heteroatoms. The zero-order valence-electron chi connectivity index (χ0n) is 17.0. The number of aryl methyl sites for hydroxylation is 2. The SMILES string of the molecule is Cc1nn(C)c(C)c1[C@H](C)NC(=O)c1ccc(N2C[C@H](C)O[C@@H](C)C2)nc1. The van der Waals surface area contributed by atoms with Crippen LogP contribution in [0.4, 0.5) is 5.82 Å². The van der Waals surface area contributed by atoms with Gasteiger partial charge in [-0.1, -0.05) is 0 Å². The van der Waals surface area contributed by atoms with Crippen LogP contribution in [0.25, 0.3) is 0 Å². The van der Waals surface area contributed by atoms with E-state index < -0.39 is 0 Å². The third-order valence-corrected chi connectivity index (χ3v) is 5.10. The molecule has 0 bridgehead atoms. The summed E-state index contributed by atoms with van der Waals surface area (Å²) in [6, 6.07) is 3.62. The Morgan fingerprint density at radius 3 is 2.44 bits per heavy atom. The van der Waals surface area contributed by atoms with E-state index in [0.717, 1.165) is 35.9 Å². The van der Waals surface area contributed by atoms with E-state index in [-0.39, 0.29) is 24.2 Å². The molecule has 1 saturated heterocycles. The van der Waals surface area contributed by atoms with Crippen LogP contribution in [0.5, 0.6) is 0 Å². The molecule has 0 aromatic carbocycles. The number of nitrogens with one attached hydrogen (secondary N) is 1. The normalized spacial score (nSPS) is 21.2. The van der Waals surface area contributed by atoms with Crippen molar-refractivity contribution < 1.29 is 9.53 Å². The molecule has 3 rings (SSSR count). The van der Waals surface area contributed by atoms with E-state index in [1.54, 1.807) is 6.20 Å². The first-order chi connectivity index (χ1) is 12.8. The van der Waals surface area contributed by atoms with Crippen molar-refractivity contribution in [3.63, 3.8) is 0 Å². The topological polar surface area (TPSA) is 72.3 Å². The van der Waals surface area contributed by atoms with Crippen LogP contribution in [0.2, 0.25) is 0 Å². The van der Waals surface area contributed by atoms with Crippen LogP contribution in [0.15, 0.2) is 18.3 Å². The Hall–Kier alpha value is -2.41. The van der Waals surface area contributed by atoms with Gasteiger partial charge in [0.2, 0.25) is 0 Å².